The van der Waals surface area contributed by atoms with Crippen LogP contribution in [0, 0.1) is 6.92 Å². The van der Waals surface area contributed by atoms with Gasteiger partial charge in [0, 0.05) is 12.1 Å². The zero-order valence-corrected chi connectivity index (χ0v) is 24.8. The first kappa shape index (κ1) is 28.4. The molecule has 0 radical (unpaired) electrons. The van der Waals surface area contributed by atoms with Gasteiger partial charge in [-0.15, -0.1) is 0 Å². The Morgan fingerprint density at radius 3 is 2.37 bits per heavy atom. The number of amides is 1. The fourth-order valence-electron chi connectivity index (χ4n) is 5.65. The molecule has 2 atom stereocenters. The second-order valence-corrected chi connectivity index (χ2v) is 11.6. The Morgan fingerprint density at radius 1 is 0.976 bits per heavy atom. The lowest BCUT2D eigenvalue weighted by atomic mass is 9.86. The summed E-state index contributed by atoms with van der Waals surface area (Å²) in [6.07, 6.45) is 3.27. The van der Waals surface area contributed by atoms with E-state index in [1.54, 1.807) is 20.4 Å². The lowest BCUT2D eigenvalue weighted by molar-refractivity contribution is 0.0631. The van der Waals surface area contributed by atoms with Crippen LogP contribution in [0.1, 0.15) is 72.4 Å². The highest BCUT2D eigenvalue weighted by atomic mass is 16.5. The number of hydrogen-bond donors (Lipinski definition) is 1. The highest BCUT2D eigenvalue weighted by Crippen LogP contribution is 2.37. The molecule has 1 N–H and O–H groups in total. The zero-order valence-electron chi connectivity index (χ0n) is 24.8. The molecule has 41 heavy (non-hydrogen) atoms. The van der Waals surface area contributed by atoms with E-state index in [2.05, 4.69) is 55.5 Å². The van der Waals surface area contributed by atoms with Gasteiger partial charge in [-0.25, -0.2) is 4.68 Å². The third kappa shape index (κ3) is 5.86. The molecule has 1 fully saturated rings. The average molecular weight is 553 g/mol. The van der Waals surface area contributed by atoms with Crippen LogP contribution in [0.15, 0.2) is 79.0 Å². The molecule has 214 valence electrons. The van der Waals surface area contributed by atoms with Gasteiger partial charge in [-0.05, 0) is 66.6 Å². The van der Waals surface area contributed by atoms with Gasteiger partial charge in [0.05, 0.1) is 49.6 Å². The normalized spacial score (nSPS) is 17.1. The monoisotopic (exact) mass is 552 g/mol. The van der Waals surface area contributed by atoms with Crippen molar-refractivity contribution in [2.24, 2.45) is 0 Å². The summed E-state index contributed by atoms with van der Waals surface area (Å²) in [5.41, 5.74) is 5.77. The molecule has 4 aromatic rings. The smallest absolute Gasteiger partial charge is 0.259 e. The van der Waals surface area contributed by atoms with Crippen molar-refractivity contribution in [3.05, 3.63) is 107 Å². The number of carbonyl (C=O) groups is 1. The van der Waals surface area contributed by atoms with Crippen molar-refractivity contribution in [1.29, 1.82) is 0 Å². The zero-order chi connectivity index (χ0) is 29.1. The Balaban J connectivity index is 1.45. The van der Waals surface area contributed by atoms with Crippen LogP contribution in [-0.2, 0) is 12.0 Å². The van der Waals surface area contributed by atoms with Crippen molar-refractivity contribution in [2.75, 3.05) is 14.2 Å². The first-order valence-corrected chi connectivity index (χ1v) is 14.2. The van der Waals surface area contributed by atoms with Gasteiger partial charge in [-0.2, -0.15) is 5.10 Å². The Morgan fingerprint density at radius 2 is 1.71 bits per heavy atom. The molecule has 0 aliphatic carbocycles. The van der Waals surface area contributed by atoms with E-state index in [4.69, 9.17) is 9.47 Å². The molecule has 5 rings (SSSR count). The van der Waals surface area contributed by atoms with Gasteiger partial charge in [0.15, 0.2) is 0 Å². The molecule has 1 aliphatic rings. The molecule has 1 aromatic heterocycles. The van der Waals surface area contributed by atoms with Crippen molar-refractivity contribution in [3.63, 3.8) is 0 Å². The molecule has 1 saturated heterocycles. The fraction of sp³-hybridized carbons (Fsp3) is 0.353. The lowest BCUT2D eigenvalue weighted by Crippen LogP contribution is -2.45. The van der Waals surface area contributed by atoms with Crippen molar-refractivity contribution in [2.45, 2.75) is 64.7 Å². The number of ether oxygens (including phenoxy) is 2. The topological polar surface area (TPSA) is 68.6 Å². The number of benzene rings is 3. The summed E-state index contributed by atoms with van der Waals surface area (Å²) < 4.78 is 12.8. The van der Waals surface area contributed by atoms with E-state index < -0.39 is 0 Å². The quantitative estimate of drug-likeness (QED) is 0.267. The molecule has 7 nitrogen and oxygen atoms in total. The van der Waals surface area contributed by atoms with E-state index in [9.17, 15) is 4.79 Å². The summed E-state index contributed by atoms with van der Waals surface area (Å²) in [6.45, 7) is 9.17. The van der Waals surface area contributed by atoms with Gasteiger partial charge < -0.3 is 14.4 Å². The standard InChI is InChI=1S/C34H40N4O3/c1-23-29(22-36-38(23)27-13-15-28(40-5)16-14-27)33(39)37-30(24-10-8-7-9-11-24)17-19-32(37)35-21-25-20-26(34(2,3)4)12-18-31(25)41-6/h7-16,18,20,22,30,32,35H,17,19,21H2,1-6H3. The summed E-state index contributed by atoms with van der Waals surface area (Å²) in [5, 5.41) is 8.30. The molecule has 0 spiro atoms. The molecule has 2 heterocycles. The number of hydrogen-bond acceptors (Lipinski definition) is 5. The summed E-state index contributed by atoms with van der Waals surface area (Å²) in [4.78, 5) is 16.3. The third-order valence-corrected chi connectivity index (χ3v) is 8.04. The number of nitrogens with one attached hydrogen (secondary N) is 1. The van der Waals surface area contributed by atoms with Crippen LogP contribution in [0.4, 0.5) is 0 Å². The minimum atomic E-state index is -0.139. The Bertz CT molecular complexity index is 1490. The molecule has 0 saturated carbocycles. The number of likely N-dealkylation sites (tertiary alicyclic amines) is 1. The molecular weight excluding hydrogens is 512 g/mol. The maximum Gasteiger partial charge on any atom is 0.259 e. The first-order valence-electron chi connectivity index (χ1n) is 14.2. The van der Waals surface area contributed by atoms with Crippen LogP contribution in [-0.4, -0.2) is 41.0 Å². The number of methoxy groups -OCH3 is 2. The Hall–Kier alpha value is -4.10. The predicted octanol–water partition coefficient (Wildman–Crippen LogP) is 6.59. The van der Waals surface area contributed by atoms with E-state index in [-0.39, 0.29) is 23.5 Å². The van der Waals surface area contributed by atoms with Gasteiger partial charge in [0.1, 0.15) is 11.5 Å². The predicted molar refractivity (Wildman–Crippen MR) is 162 cm³/mol. The molecule has 1 aliphatic heterocycles. The largest absolute Gasteiger partial charge is 0.497 e. The SMILES string of the molecule is COc1ccc(-n2ncc(C(=O)N3C(NCc4cc(C(C)(C)C)ccc4OC)CCC3c3ccccc3)c2C)cc1. The summed E-state index contributed by atoms with van der Waals surface area (Å²) in [7, 11) is 3.35. The molecule has 2 unspecified atom stereocenters. The molecular formula is C34H40N4O3. The van der Waals surface area contributed by atoms with E-state index >= 15 is 0 Å². The maximum atomic E-state index is 14.3. The molecule has 3 aromatic carbocycles. The second kappa shape index (κ2) is 11.8. The molecule has 0 bridgehead atoms. The molecule has 7 heteroatoms. The Kier molecular flexibility index (Phi) is 8.18. The first-order chi connectivity index (χ1) is 19.7. The lowest BCUT2D eigenvalue weighted by Gasteiger charge is -2.31. The van der Waals surface area contributed by atoms with Gasteiger partial charge in [-0.1, -0.05) is 63.2 Å². The number of nitrogens with zero attached hydrogens (tertiary/aromatic N) is 3. The summed E-state index contributed by atoms with van der Waals surface area (Å²) >= 11 is 0. The van der Waals surface area contributed by atoms with Crippen LogP contribution < -0.4 is 14.8 Å². The minimum Gasteiger partial charge on any atom is -0.497 e. The minimum absolute atomic E-state index is 0.0242. The number of rotatable bonds is 8. The van der Waals surface area contributed by atoms with Crippen molar-refractivity contribution in [3.8, 4) is 17.2 Å². The number of aromatic nitrogens is 2. The van der Waals surface area contributed by atoms with Crippen LogP contribution in [0.3, 0.4) is 0 Å². The van der Waals surface area contributed by atoms with Gasteiger partial charge in [-0.3, -0.25) is 10.1 Å². The fourth-order valence-corrected chi connectivity index (χ4v) is 5.65. The van der Waals surface area contributed by atoms with E-state index in [0.29, 0.717) is 12.1 Å². The van der Waals surface area contributed by atoms with Gasteiger partial charge in [0.2, 0.25) is 0 Å². The highest BCUT2D eigenvalue weighted by Gasteiger charge is 2.39. The van der Waals surface area contributed by atoms with Crippen LogP contribution in [0.25, 0.3) is 5.69 Å². The van der Waals surface area contributed by atoms with Crippen molar-refractivity contribution in [1.82, 2.24) is 20.0 Å². The van der Waals surface area contributed by atoms with Crippen LogP contribution >= 0.6 is 0 Å². The summed E-state index contributed by atoms with van der Waals surface area (Å²) in [6, 6.07) is 24.3. The average Bonchev–Trinajstić information content (AvgIpc) is 3.59. The van der Waals surface area contributed by atoms with E-state index in [1.807, 2.05) is 65.0 Å². The van der Waals surface area contributed by atoms with Crippen molar-refractivity contribution < 1.29 is 14.3 Å². The Labute approximate surface area is 243 Å². The van der Waals surface area contributed by atoms with Crippen LogP contribution in [0.2, 0.25) is 0 Å². The van der Waals surface area contributed by atoms with E-state index in [0.717, 1.165) is 46.8 Å². The summed E-state index contributed by atoms with van der Waals surface area (Å²) in [5.74, 6) is 1.59. The van der Waals surface area contributed by atoms with E-state index in [1.165, 1.54) is 5.56 Å². The highest BCUT2D eigenvalue weighted by molar-refractivity contribution is 5.96. The number of carbonyl (C=O) groups excluding carboxylic acids is 1. The van der Waals surface area contributed by atoms with Gasteiger partial charge >= 0.3 is 0 Å². The molecule has 1 amide bonds. The maximum absolute atomic E-state index is 14.3. The van der Waals surface area contributed by atoms with Crippen LogP contribution in [0.5, 0.6) is 11.5 Å². The third-order valence-electron chi connectivity index (χ3n) is 8.04. The van der Waals surface area contributed by atoms with Gasteiger partial charge in [0.25, 0.3) is 5.91 Å². The second-order valence-electron chi connectivity index (χ2n) is 11.6. The van der Waals surface area contributed by atoms with Crippen molar-refractivity contribution >= 4 is 5.91 Å².